The van der Waals surface area contributed by atoms with E-state index in [0.29, 0.717) is 5.92 Å². The van der Waals surface area contributed by atoms with E-state index >= 15 is 0 Å². The van der Waals surface area contributed by atoms with Crippen molar-refractivity contribution < 1.29 is 18.0 Å². The molecule has 104 valence electrons. The molecule has 1 atom stereocenters. The Morgan fingerprint density at radius 3 is 2.68 bits per heavy atom. The van der Waals surface area contributed by atoms with Crippen molar-refractivity contribution in [1.82, 2.24) is 0 Å². The van der Waals surface area contributed by atoms with Crippen LogP contribution in [-0.4, -0.2) is 11.9 Å². The standard InChI is InChI=1S/C13H15F3N2O/c14-13(15,16)9-2-1-3-10(6-9)18-12(19)7-11(17)8-4-5-8/h1-3,6,8,11H,4-5,7,17H2,(H,18,19). The van der Waals surface area contributed by atoms with E-state index in [1.165, 1.54) is 12.1 Å². The largest absolute Gasteiger partial charge is 0.416 e. The molecule has 3 N–H and O–H groups in total. The zero-order chi connectivity index (χ0) is 14.0. The maximum atomic E-state index is 12.5. The van der Waals surface area contributed by atoms with Crippen LogP contribution in [0.4, 0.5) is 18.9 Å². The normalized spacial score (nSPS) is 17.1. The number of carbonyl (C=O) groups is 1. The molecule has 1 saturated carbocycles. The Labute approximate surface area is 109 Å². The van der Waals surface area contributed by atoms with Gasteiger partial charge in [-0.2, -0.15) is 13.2 Å². The fourth-order valence-corrected chi connectivity index (χ4v) is 1.89. The molecule has 2 rings (SSSR count). The van der Waals surface area contributed by atoms with Gasteiger partial charge < -0.3 is 11.1 Å². The maximum absolute atomic E-state index is 12.5. The summed E-state index contributed by atoms with van der Waals surface area (Å²) in [5, 5.41) is 2.45. The third kappa shape index (κ3) is 3.96. The van der Waals surface area contributed by atoms with Crippen molar-refractivity contribution in [3.8, 4) is 0 Å². The molecule has 6 heteroatoms. The molecule has 0 saturated heterocycles. The van der Waals surface area contributed by atoms with Gasteiger partial charge in [-0.05, 0) is 37.0 Å². The Morgan fingerprint density at radius 2 is 2.11 bits per heavy atom. The van der Waals surface area contributed by atoms with E-state index in [2.05, 4.69) is 5.32 Å². The van der Waals surface area contributed by atoms with Crippen molar-refractivity contribution in [2.24, 2.45) is 11.7 Å². The molecular weight excluding hydrogens is 257 g/mol. The van der Waals surface area contributed by atoms with Crippen LogP contribution in [0.1, 0.15) is 24.8 Å². The molecule has 0 radical (unpaired) electrons. The highest BCUT2D eigenvalue weighted by atomic mass is 19.4. The van der Waals surface area contributed by atoms with Gasteiger partial charge in [0.15, 0.2) is 0 Å². The smallest absolute Gasteiger partial charge is 0.327 e. The third-order valence-corrected chi connectivity index (χ3v) is 3.12. The van der Waals surface area contributed by atoms with Gasteiger partial charge in [0, 0.05) is 18.2 Å². The Morgan fingerprint density at radius 1 is 1.42 bits per heavy atom. The summed E-state index contributed by atoms with van der Waals surface area (Å²) in [4.78, 5) is 11.6. The van der Waals surface area contributed by atoms with Crippen LogP contribution in [0.25, 0.3) is 0 Å². The highest BCUT2D eigenvalue weighted by molar-refractivity contribution is 5.91. The molecule has 1 aromatic carbocycles. The molecule has 1 aliphatic carbocycles. The number of halogens is 3. The van der Waals surface area contributed by atoms with Crippen molar-refractivity contribution in [2.75, 3.05) is 5.32 Å². The minimum absolute atomic E-state index is 0.140. The SMILES string of the molecule is NC(CC(=O)Nc1cccc(C(F)(F)F)c1)C1CC1. The van der Waals surface area contributed by atoms with Gasteiger partial charge in [-0.1, -0.05) is 6.07 Å². The third-order valence-electron chi connectivity index (χ3n) is 3.12. The van der Waals surface area contributed by atoms with E-state index in [4.69, 9.17) is 5.73 Å². The fourth-order valence-electron chi connectivity index (χ4n) is 1.89. The summed E-state index contributed by atoms with van der Waals surface area (Å²) in [6, 6.07) is 4.37. The highest BCUT2D eigenvalue weighted by Crippen LogP contribution is 2.33. The topological polar surface area (TPSA) is 55.1 Å². The van der Waals surface area contributed by atoms with E-state index < -0.39 is 11.7 Å². The Balaban J connectivity index is 1.96. The van der Waals surface area contributed by atoms with E-state index in [-0.39, 0.29) is 24.1 Å². The summed E-state index contributed by atoms with van der Waals surface area (Å²) in [6.45, 7) is 0. The number of carbonyl (C=O) groups excluding carboxylic acids is 1. The molecule has 1 aromatic rings. The van der Waals surface area contributed by atoms with Crippen molar-refractivity contribution in [2.45, 2.75) is 31.5 Å². The Kier molecular flexibility index (Phi) is 3.80. The molecule has 0 spiro atoms. The molecule has 1 aliphatic rings. The van der Waals surface area contributed by atoms with Gasteiger partial charge in [-0.15, -0.1) is 0 Å². The molecule has 1 fully saturated rings. The molecule has 1 amide bonds. The van der Waals surface area contributed by atoms with E-state index in [9.17, 15) is 18.0 Å². The van der Waals surface area contributed by atoms with Crippen molar-refractivity contribution in [1.29, 1.82) is 0 Å². The molecule has 3 nitrogen and oxygen atoms in total. The van der Waals surface area contributed by atoms with Crippen LogP contribution in [0.2, 0.25) is 0 Å². The van der Waals surface area contributed by atoms with Gasteiger partial charge in [-0.3, -0.25) is 4.79 Å². The zero-order valence-electron chi connectivity index (χ0n) is 10.2. The Hall–Kier alpha value is -1.56. The second-order valence-electron chi connectivity index (χ2n) is 4.83. The highest BCUT2D eigenvalue weighted by Gasteiger charge is 2.31. The predicted molar refractivity (Wildman–Crippen MR) is 65.4 cm³/mol. The zero-order valence-corrected chi connectivity index (χ0v) is 10.2. The molecule has 1 unspecified atom stereocenters. The lowest BCUT2D eigenvalue weighted by atomic mass is 10.1. The van der Waals surface area contributed by atoms with Crippen LogP contribution in [-0.2, 0) is 11.0 Å². The second-order valence-corrected chi connectivity index (χ2v) is 4.83. The van der Waals surface area contributed by atoms with E-state index in [0.717, 1.165) is 25.0 Å². The first kappa shape index (κ1) is 13.9. The van der Waals surface area contributed by atoms with Gasteiger partial charge >= 0.3 is 6.18 Å². The molecule has 0 aromatic heterocycles. The minimum Gasteiger partial charge on any atom is -0.327 e. The summed E-state index contributed by atoms with van der Waals surface area (Å²) in [5.41, 5.74) is 5.15. The maximum Gasteiger partial charge on any atom is 0.416 e. The number of alkyl halides is 3. The monoisotopic (exact) mass is 272 g/mol. The lowest BCUT2D eigenvalue weighted by Crippen LogP contribution is -2.28. The van der Waals surface area contributed by atoms with Crippen LogP contribution < -0.4 is 11.1 Å². The van der Waals surface area contributed by atoms with Crippen LogP contribution in [0.15, 0.2) is 24.3 Å². The lowest BCUT2D eigenvalue weighted by Gasteiger charge is -2.12. The summed E-state index contributed by atoms with van der Waals surface area (Å²) in [5.74, 6) is 0.0333. The van der Waals surface area contributed by atoms with Gasteiger partial charge in [0.1, 0.15) is 0 Å². The summed E-state index contributed by atoms with van der Waals surface area (Å²) >= 11 is 0. The first-order valence-electron chi connectivity index (χ1n) is 6.09. The van der Waals surface area contributed by atoms with Crippen LogP contribution in [0.3, 0.4) is 0 Å². The quantitative estimate of drug-likeness (QED) is 0.885. The van der Waals surface area contributed by atoms with Gasteiger partial charge in [0.2, 0.25) is 5.91 Å². The molecular formula is C13H15F3N2O. The fraction of sp³-hybridized carbons (Fsp3) is 0.462. The van der Waals surface area contributed by atoms with Crippen molar-refractivity contribution >= 4 is 11.6 Å². The van der Waals surface area contributed by atoms with Crippen LogP contribution in [0.5, 0.6) is 0 Å². The van der Waals surface area contributed by atoms with Gasteiger partial charge in [-0.25, -0.2) is 0 Å². The first-order chi connectivity index (χ1) is 8.86. The van der Waals surface area contributed by atoms with E-state index in [1.54, 1.807) is 0 Å². The lowest BCUT2D eigenvalue weighted by molar-refractivity contribution is -0.137. The average molecular weight is 272 g/mol. The average Bonchev–Trinajstić information content (AvgIpc) is 3.11. The number of anilines is 1. The Bertz CT molecular complexity index is 469. The van der Waals surface area contributed by atoms with E-state index in [1.807, 2.05) is 0 Å². The summed E-state index contributed by atoms with van der Waals surface area (Å²) in [6.07, 6.45) is -2.22. The summed E-state index contributed by atoms with van der Waals surface area (Å²) < 4.78 is 37.5. The number of hydrogen-bond acceptors (Lipinski definition) is 2. The number of hydrogen-bond donors (Lipinski definition) is 2. The number of nitrogens with one attached hydrogen (secondary N) is 1. The molecule has 19 heavy (non-hydrogen) atoms. The molecule has 0 aliphatic heterocycles. The first-order valence-corrected chi connectivity index (χ1v) is 6.09. The number of benzene rings is 1. The number of nitrogens with two attached hydrogens (primary N) is 1. The number of amides is 1. The molecule has 0 bridgehead atoms. The van der Waals surface area contributed by atoms with Crippen molar-refractivity contribution in [3.63, 3.8) is 0 Å². The van der Waals surface area contributed by atoms with Crippen LogP contribution in [0, 0.1) is 5.92 Å². The number of rotatable bonds is 4. The second kappa shape index (κ2) is 5.21. The predicted octanol–water partition coefficient (Wildman–Crippen LogP) is 2.77. The van der Waals surface area contributed by atoms with Crippen molar-refractivity contribution in [3.05, 3.63) is 29.8 Å². The van der Waals surface area contributed by atoms with Gasteiger partial charge in [0.25, 0.3) is 0 Å². The summed E-state index contributed by atoms with van der Waals surface area (Å²) in [7, 11) is 0. The minimum atomic E-state index is -4.41. The van der Waals surface area contributed by atoms with Gasteiger partial charge in [0.05, 0.1) is 5.56 Å². The van der Waals surface area contributed by atoms with Crippen LogP contribution >= 0.6 is 0 Å². The molecule has 0 heterocycles.